The summed E-state index contributed by atoms with van der Waals surface area (Å²) in [6.45, 7) is 4.73. The molecule has 0 aromatic heterocycles. The standard InChI is InChI=1S/C16H21BBr4INO6/c1-14(2,10-3-5-23-6-4-10)29-11(24)9(7-27-12(25)15(17,18)22)8-28-13(26)16(19,20)21/h9-10,23H,3-8H2,1-2H3. The van der Waals surface area contributed by atoms with Crippen LogP contribution >= 0.6 is 86.3 Å². The van der Waals surface area contributed by atoms with Gasteiger partial charge in [-0.25, -0.2) is 4.79 Å². The fourth-order valence-corrected chi connectivity index (χ4v) is 3.27. The summed E-state index contributed by atoms with van der Waals surface area (Å²) in [7, 11) is 5.62. The quantitative estimate of drug-likeness (QED) is 0.133. The van der Waals surface area contributed by atoms with Gasteiger partial charge in [0, 0.05) is 5.92 Å². The molecule has 1 aliphatic rings. The van der Waals surface area contributed by atoms with Crippen LogP contribution in [0.2, 0.25) is 0 Å². The van der Waals surface area contributed by atoms with E-state index in [0.29, 0.717) is 0 Å². The number of hydrogen-bond donors (Lipinski definition) is 1. The Kier molecular flexibility index (Phi) is 11.4. The van der Waals surface area contributed by atoms with E-state index in [-0.39, 0.29) is 19.1 Å². The molecule has 13 heteroatoms. The third kappa shape index (κ3) is 10.0. The summed E-state index contributed by atoms with van der Waals surface area (Å²) in [6, 6.07) is 0. The largest absolute Gasteiger partial charge is 0.464 e. The van der Waals surface area contributed by atoms with Gasteiger partial charge in [0.15, 0.2) is 0 Å². The summed E-state index contributed by atoms with van der Waals surface area (Å²) < 4.78 is 13.3. The molecule has 164 valence electrons. The average Bonchev–Trinajstić information content (AvgIpc) is 2.59. The van der Waals surface area contributed by atoms with Gasteiger partial charge in [-0.2, -0.15) is 0 Å². The van der Waals surface area contributed by atoms with Gasteiger partial charge in [0.1, 0.15) is 34.8 Å². The molecule has 0 bridgehead atoms. The van der Waals surface area contributed by atoms with Crippen molar-refractivity contribution in [2.24, 2.45) is 11.8 Å². The number of hydrogen-bond acceptors (Lipinski definition) is 7. The predicted molar refractivity (Wildman–Crippen MR) is 132 cm³/mol. The average molecular weight is 781 g/mol. The summed E-state index contributed by atoms with van der Waals surface area (Å²) in [5.41, 5.74) is -0.716. The van der Waals surface area contributed by atoms with Crippen molar-refractivity contribution in [3.63, 3.8) is 0 Å². The lowest BCUT2D eigenvalue weighted by Crippen LogP contribution is -2.45. The van der Waals surface area contributed by atoms with Crippen molar-refractivity contribution < 1.29 is 28.6 Å². The van der Waals surface area contributed by atoms with Gasteiger partial charge in [-0.15, -0.1) is 0 Å². The topological polar surface area (TPSA) is 90.9 Å². The molecule has 1 fully saturated rings. The number of rotatable bonds is 8. The highest BCUT2D eigenvalue weighted by molar-refractivity contribution is 14.1. The van der Waals surface area contributed by atoms with Crippen molar-refractivity contribution in [3.8, 4) is 0 Å². The Morgan fingerprint density at radius 3 is 2.00 bits per heavy atom. The molecule has 1 rings (SSSR count). The maximum Gasteiger partial charge on any atom is 0.344 e. The Balaban J connectivity index is 2.82. The first-order chi connectivity index (χ1) is 13.1. The zero-order chi connectivity index (χ0) is 22.5. The van der Waals surface area contributed by atoms with Gasteiger partial charge < -0.3 is 19.5 Å². The second-order valence-electron chi connectivity index (χ2n) is 7.06. The molecule has 0 aromatic rings. The third-order valence-electron chi connectivity index (χ3n) is 4.35. The Labute approximate surface area is 218 Å². The Morgan fingerprint density at radius 1 is 1.07 bits per heavy atom. The van der Waals surface area contributed by atoms with Crippen LogP contribution < -0.4 is 5.32 Å². The lowest BCUT2D eigenvalue weighted by Gasteiger charge is -2.37. The van der Waals surface area contributed by atoms with E-state index in [2.05, 4.69) is 69.0 Å². The lowest BCUT2D eigenvalue weighted by atomic mass is 9.83. The number of piperidine rings is 1. The number of carbonyl (C=O) groups excluding carboxylic acids is 3. The van der Waals surface area contributed by atoms with Gasteiger partial charge in [-0.1, -0.05) is 38.5 Å². The zero-order valence-corrected chi connectivity index (χ0v) is 24.3. The molecular weight excluding hydrogens is 760 g/mol. The van der Waals surface area contributed by atoms with Crippen molar-refractivity contribution in [3.05, 3.63) is 0 Å². The first-order valence-electron chi connectivity index (χ1n) is 8.66. The number of nitrogens with one attached hydrogen (secondary N) is 1. The van der Waals surface area contributed by atoms with Crippen LogP contribution in [0.4, 0.5) is 0 Å². The molecule has 1 N–H and O–H groups in total. The minimum absolute atomic E-state index is 0.187. The van der Waals surface area contributed by atoms with Gasteiger partial charge in [-0.3, -0.25) is 9.59 Å². The van der Waals surface area contributed by atoms with Gasteiger partial charge in [-0.05, 0) is 87.6 Å². The minimum Gasteiger partial charge on any atom is -0.464 e. The van der Waals surface area contributed by atoms with Gasteiger partial charge in [0.25, 0.3) is 0 Å². The highest BCUT2D eigenvalue weighted by Gasteiger charge is 2.38. The van der Waals surface area contributed by atoms with Gasteiger partial charge >= 0.3 is 17.9 Å². The van der Waals surface area contributed by atoms with E-state index in [1.807, 2.05) is 13.8 Å². The van der Waals surface area contributed by atoms with Crippen LogP contribution in [0.15, 0.2) is 0 Å². The molecule has 1 aliphatic heterocycles. The Hall–Kier alpha value is 1.08. The Morgan fingerprint density at radius 2 is 1.55 bits per heavy atom. The van der Waals surface area contributed by atoms with E-state index in [4.69, 9.17) is 22.1 Å². The second-order valence-corrected chi connectivity index (χ2v) is 18.3. The van der Waals surface area contributed by atoms with E-state index in [9.17, 15) is 14.4 Å². The molecule has 7 nitrogen and oxygen atoms in total. The molecular formula is C16H21BBr4INO6. The molecule has 2 unspecified atom stereocenters. The summed E-state index contributed by atoms with van der Waals surface area (Å²) in [5, 5.41) is 3.27. The van der Waals surface area contributed by atoms with Crippen molar-refractivity contribution >= 4 is 112 Å². The number of esters is 3. The van der Waals surface area contributed by atoms with Crippen LogP contribution in [-0.2, 0) is 28.6 Å². The second kappa shape index (κ2) is 11.8. The predicted octanol–water partition coefficient (Wildman–Crippen LogP) is 3.50. The highest BCUT2D eigenvalue weighted by Crippen LogP contribution is 2.35. The maximum atomic E-state index is 12.8. The fourth-order valence-electron chi connectivity index (χ4n) is 2.66. The molecule has 1 saturated heterocycles. The van der Waals surface area contributed by atoms with Gasteiger partial charge in [0.2, 0.25) is 2.14 Å². The van der Waals surface area contributed by atoms with Crippen LogP contribution in [0, 0.1) is 11.8 Å². The van der Waals surface area contributed by atoms with E-state index in [1.54, 1.807) is 22.6 Å². The van der Waals surface area contributed by atoms with E-state index in [0.717, 1.165) is 25.9 Å². The molecule has 0 spiro atoms. The van der Waals surface area contributed by atoms with E-state index >= 15 is 0 Å². The normalized spacial score (nSPS) is 19.0. The fraction of sp³-hybridized carbons (Fsp3) is 0.812. The maximum absolute atomic E-state index is 12.8. The van der Waals surface area contributed by atoms with Crippen LogP contribution in [-0.4, -0.2) is 62.0 Å². The molecule has 0 saturated carbocycles. The summed E-state index contributed by atoms with van der Waals surface area (Å²) in [6.07, 6.45) is 1.75. The van der Waals surface area contributed by atoms with Gasteiger partial charge in [0.05, 0.1) is 0 Å². The number of halogens is 5. The summed E-state index contributed by atoms with van der Waals surface area (Å²) in [5.74, 6) is -2.92. The number of ether oxygens (including phenoxy) is 3. The number of alkyl halides is 5. The van der Waals surface area contributed by atoms with Crippen molar-refractivity contribution in [1.82, 2.24) is 5.32 Å². The van der Waals surface area contributed by atoms with Crippen LogP contribution in [0.25, 0.3) is 0 Å². The molecule has 2 atom stereocenters. The van der Waals surface area contributed by atoms with Crippen LogP contribution in [0.3, 0.4) is 0 Å². The van der Waals surface area contributed by atoms with Crippen molar-refractivity contribution in [2.45, 2.75) is 36.7 Å². The highest BCUT2D eigenvalue weighted by atomic mass is 127. The third-order valence-corrected chi connectivity index (χ3v) is 6.09. The first kappa shape index (κ1) is 28.1. The molecule has 1 heterocycles. The Bertz CT molecular complexity index is 575. The smallest absolute Gasteiger partial charge is 0.344 e. The van der Waals surface area contributed by atoms with Crippen LogP contribution in [0.1, 0.15) is 26.7 Å². The molecule has 29 heavy (non-hydrogen) atoms. The van der Waals surface area contributed by atoms with Crippen molar-refractivity contribution in [2.75, 3.05) is 26.3 Å². The van der Waals surface area contributed by atoms with Crippen LogP contribution in [0.5, 0.6) is 0 Å². The number of carbonyl (C=O) groups is 3. The SMILES string of the molecule is [B]C(Br)(I)C(=O)OCC(COC(=O)C(Br)(Br)Br)C(=O)OC(C)(C)C1CCNCC1. The zero-order valence-electron chi connectivity index (χ0n) is 15.8. The molecule has 2 radical (unpaired) electrons. The first-order valence-corrected chi connectivity index (χ1v) is 12.9. The van der Waals surface area contributed by atoms with Crippen molar-refractivity contribution in [1.29, 1.82) is 0 Å². The molecule has 0 aliphatic carbocycles. The van der Waals surface area contributed by atoms with E-state index < -0.39 is 33.8 Å². The van der Waals surface area contributed by atoms with E-state index in [1.165, 1.54) is 0 Å². The summed E-state index contributed by atoms with van der Waals surface area (Å²) >= 11 is 13.8. The monoisotopic (exact) mass is 777 g/mol. The lowest BCUT2D eigenvalue weighted by molar-refractivity contribution is -0.174. The summed E-state index contributed by atoms with van der Waals surface area (Å²) in [4.78, 5) is 36.7. The molecule has 0 amide bonds. The molecule has 0 aromatic carbocycles. The minimum atomic E-state index is -1.43.